The molecule has 2 heterocycles. The van der Waals surface area contributed by atoms with Crippen molar-refractivity contribution in [2.24, 2.45) is 0 Å². The maximum absolute atomic E-state index is 12.5. The number of nitrogen functional groups attached to an aromatic ring is 1. The zero-order valence-corrected chi connectivity index (χ0v) is 27.7. The molecule has 49 heavy (non-hydrogen) atoms. The van der Waals surface area contributed by atoms with Crippen LogP contribution in [0.5, 0.6) is 0 Å². The summed E-state index contributed by atoms with van der Waals surface area (Å²) in [5, 5.41) is 25.2. The van der Waals surface area contributed by atoms with Gasteiger partial charge in [0, 0.05) is 43.3 Å². The van der Waals surface area contributed by atoms with Crippen LogP contribution >= 0.6 is 11.8 Å². The van der Waals surface area contributed by atoms with Gasteiger partial charge in [0.15, 0.2) is 6.29 Å². The third-order valence-electron chi connectivity index (χ3n) is 8.06. The van der Waals surface area contributed by atoms with E-state index in [-0.39, 0.29) is 36.2 Å². The van der Waals surface area contributed by atoms with E-state index in [4.69, 9.17) is 15.2 Å². The summed E-state index contributed by atoms with van der Waals surface area (Å²) in [6, 6.07) is 25.5. The molecule has 11 nitrogen and oxygen atoms in total. The molecule has 3 atom stereocenters. The van der Waals surface area contributed by atoms with Crippen LogP contribution in [-0.2, 0) is 32.2 Å². The first-order chi connectivity index (χ1) is 23.8. The number of nitrogens with two attached hydrogens (primary N) is 1. The standard InChI is InChI=1S/C37H40N4O7S/c38-30-7-1-2-8-31(30)41-34(44)10-4-3-9-33(43)40-21-24-11-17-27(18-12-24)37-47-28(23-49-35-29(36(45)46)6-5-19-39-35)20-32(48-37)26-15-13-25(22-42)14-16-26/h1-2,5-8,11-19,28,32,37,42H,3-4,9-10,20-23,38H2,(H,40,43)(H,41,44)(H,45,46). The van der Waals surface area contributed by atoms with E-state index in [0.717, 1.165) is 22.3 Å². The molecule has 12 heteroatoms. The van der Waals surface area contributed by atoms with Gasteiger partial charge in [0.1, 0.15) is 5.03 Å². The van der Waals surface area contributed by atoms with Crippen LogP contribution in [0.3, 0.4) is 0 Å². The molecule has 0 bridgehead atoms. The number of anilines is 2. The highest BCUT2D eigenvalue weighted by Crippen LogP contribution is 2.39. The van der Waals surface area contributed by atoms with Crippen molar-refractivity contribution in [3.05, 3.63) is 119 Å². The fraction of sp³-hybridized carbons (Fsp3) is 0.297. The number of benzene rings is 3. The molecule has 1 aliphatic rings. The summed E-state index contributed by atoms with van der Waals surface area (Å²) in [6.45, 7) is 0.304. The SMILES string of the molecule is Nc1ccccc1NC(=O)CCCCC(=O)NCc1ccc(C2OC(CSc3ncccc3C(=O)O)CC(c3ccc(CO)cc3)O2)cc1. The van der Waals surface area contributed by atoms with Crippen molar-refractivity contribution in [3.8, 4) is 0 Å². The minimum absolute atomic E-state index is 0.0518. The van der Waals surface area contributed by atoms with E-state index in [0.29, 0.717) is 60.8 Å². The van der Waals surface area contributed by atoms with Crippen molar-refractivity contribution in [1.29, 1.82) is 0 Å². The molecule has 5 rings (SSSR count). The second-order valence-corrected chi connectivity index (χ2v) is 12.7. The minimum Gasteiger partial charge on any atom is -0.478 e. The first kappa shape index (κ1) is 35.6. The average Bonchev–Trinajstić information content (AvgIpc) is 3.13. The van der Waals surface area contributed by atoms with Crippen molar-refractivity contribution in [2.45, 2.75) is 68.8 Å². The minimum atomic E-state index is -1.03. The average molecular weight is 685 g/mol. The van der Waals surface area contributed by atoms with E-state index < -0.39 is 12.3 Å². The zero-order valence-electron chi connectivity index (χ0n) is 26.9. The van der Waals surface area contributed by atoms with Crippen LogP contribution < -0.4 is 16.4 Å². The number of nitrogens with one attached hydrogen (secondary N) is 2. The van der Waals surface area contributed by atoms with Crippen molar-refractivity contribution in [1.82, 2.24) is 10.3 Å². The van der Waals surface area contributed by atoms with Gasteiger partial charge < -0.3 is 36.1 Å². The highest BCUT2D eigenvalue weighted by molar-refractivity contribution is 7.99. The summed E-state index contributed by atoms with van der Waals surface area (Å²) in [7, 11) is 0. The number of rotatable bonds is 15. The van der Waals surface area contributed by atoms with E-state index in [2.05, 4.69) is 15.6 Å². The fourth-order valence-electron chi connectivity index (χ4n) is 5.34. The maximum atomic E-state index is 12.5. The lowest BCUT2D eigenvalue weighted by molar-refractivity contribution is -0.245. The highest BCUT2D eigenvalue weighted by Gasteiger charge is 2.32. The van der Waals surface area contributed by atoms with Crippen LogP contribution in [0.4, 0.5) is 11.4 Å². The van der Waals surface area contributed by atoms with Gasteiger partial charge in [-0.1, -0.05) is 60.7 Å². The number of amides is 2. The zero-order chi connectivity index (χ0) is 34.6. The fourth-order valence-corrected chi connectivity index (χ4v) is 6.34. The predicted molar refractivity (Wildman–Crippen MR) is 187 cm³/mol. The number of carbonyl (C=O) groups excluding carboxylic acids is 2. The number of hydrogen-bond acceptors (Lipinski definition) is 9. The van der Waals surface area contributed by atoms with E-state index in [1.165, 1.54) is 17.8 Å². The molecule has 1 aliphatic heterocycles. The summed E-state index contributed by atoms with van der Waals surface area (Å²) in [6.07, 6.45) is 2.67. The van der Waals surface area contributed by atoms with Gasteiger partial charge >= 0.3 is 5.97 Å². The molecule has 4 aromatic rings. The van der Waals surface area contributed by atoms with E-state index >= 15 is 0 Å². The van der Waals surface area contributed by atoms with Gasteiger partial charge in [-0.25, -0.2) is 9.78 Å². The molecular formula is C37H40N4O7S. The van der Waals surface area contributed by atoms with Crippen LogP contribution in [0.25, 0.3) is 0 Å². The number of pyridine rings is 1. The summed E-state index contributed by atoms with van der Waals surface area (Å²) in [4.78, 5) is 40.6. The monoisotopic (exact) mass is 684 g/mol. The molecule has 0 radical (unpaired) electrons. The van der Waals surface area contributed by atoms with Crippen LogP contribution in [0.15, 0.2) is 96.2 Å². The quantitative estimate of drug-likeness (QED) is 0.0567. The number of aliphatic hydroxyl groups is 1. The number of nitrogens with zero attached hydrogens (tertiary/aromatic N) is 1. The number of carbonyl (C=O) groups is 3. The third-order valence-corrected chi connectivity index (χ3v) is 9.19. The number of para-hydroxylation sites is 2. The Hall–Kier alpha value is -4.75. The van der Waals surface area contributed by atoms with Crippen LogP contribution in [0.2, 0.25) is 0 Å². The third kappa shape index (κ3) is 10.4. The Balaban J connectivity index is 1.13. The number of aromatic nitrogens is 1. The van der Waals surface area contributed by atoms with Crippen molar-refractivity contribution in [2.75, 3.05) is 16.8 Å². The van der Waals surface area contributed by atoms with Gasteiger partial charge in [-0.3, -0.25) is 9.59 Å². The lowest BCUT2D eigenvalue weighted by Gasteiger charge is -2.36. The molecule has 1 saturated heterocycles. The number of unbranched alkanes of at least 4 members (excludes halogenated alkanes) is 1. The Morgan fingerprint density at radius 3 is 2.27 bits per heavy atom. The summed E-state index contributed by atoms with van der Waals surface area (Å²) >= 11 is 1.33. The maximum Gasteiger partial charge on any atom is 0.338 e. The lowest BCUT2D eigenvalue weighted by atomic mass is 10.0. The van der Waals surface area contributed by atoms with Gasteiger partial charge in [-0.15, -0.1) is 11.8 Å². The second kappa shape index (κ2) is 17.6. The highest BCUT2D eigenvalue weighted by atomic mass is 32.2. The molecular weight excluding hydrogens is 644 g/mol. The topological polar surface area (TPSA) is 173 Å². The van der Waals surface area contributed by atoms with Crippen molar-refractivity contribution in [3.63, 3.8) is 0 Å². The molecule has 3 unspecified atom stereocenters. The number of ether oxygens (including phenoxy) is 2. The van der Waals surface area contributed by atoms with Gasteiger partial charge in [0.05, 0.1) is 35.8 Å². The van der Waals surface area contributed by atoms with Crippen LogP contribution in [0, 0.1) is 0 Å². The van der Waals surface area contributed by atoms with Crippen molar-refractivity contribution >= 4 is 40.9 Å². The van der Waals surface area contributed by atoms with Gasteiger partial charge in [-0.05, 0) is 53.8 Å². The molecule has 0 spiro atoms. The predicted octanol–water partition coefficient (Wildman–Crippen LogP) is 6.01. The Kier molecular flexibility index (Phi) is 12.8. The number of aliphatic hydroxyl groups excluding tert-OH is 1. The lowest BCUT2D eigenvalue weighted by Crippen LogP contribution is -2.31. The Morgan fingerprint density at radius 2 is 1.55 bits per heavy atom. The molecule has 0 aliphatic carbocycles. The van der Waals surface area contributed by atoms with Gasteiger partial charge in [0.2, 0.25) is 11.8 Å². The Morgan fingerprint density at radius 1 is 0.857 bits per heavy atom. The summed E-state index contributed by atoms with van der Waals surface area (Å²) in [5.41, 5.74) is 10.6. The van der Waals surface area contributed by atoms with E-state index in [9.17, 15) is 24.6 Å². The van der Waals surface area contributed by atoms with Gasteiger partial charge in [-0.2, -0.15) is 0 Å². The molecule has 1 aromatic heterocycles. The Bertz CT molecular complexity index is 1720. The summed E-state index contributed by atoms with van der Waals surface area (Å²) < 4.78 is 12.8. The van der Waals surface area contributed by atoms with Gasteiger partial charge in [0.25, 0.3) is 0 Å². The number of carboxylic acids is 1. The van der Waals surface area contributed by atoms with E-state index in [1.54, 1.807) is 36.5 Å². The largest absolute Gasteiger partial charge is 0.478 e. The van der Waals surface area contributed by atoms with E-state index in [1.807, 2.05) is 48.5 Å². The molecule has 0 saturated carbocycles. The smallest absolute Gasteiger partial charge is 0.338 e. The number of aromatic carboxylic acids is 1. The number of thioether (sulfide) groups is 1. The van der Waals surface area contributed by atoms with Crippen molar-refractivity contribution < 1.29 is 34.1 Å². The van der Waals surface area contributed by atoms with Crippen LogP contribution in [0.1, 0.15) is 77.1 Å². The first-order valence-electron chi connectivity index (χ1n) is 16.1. The summed E-state index contributed by atoms with van der Waals surface area (Å²) in [5.74, 6) is -0.793. The molecule has 3 aromatic carbocycles. The molecule has 6 N–H and O–H groups in total. The molecule has 2 amide bonds. The molecule has 256 valence electrons. The number of carboxylic acid groups (broad SMARTS) is 1. The number of hydrogen-bond donors (Lipinski definition) is 5. The first-order valence-corrected chi connectivity index (χ1v) is 17.1. The Labute approximate surface area is 289 Å². The normalized spacial score (nSPS) is 17.3. The second-order valence-electron chi connectivity index (χ2n) is 11.7. The van der Waals surface area contributed by atoms with Crippen LogP contribution in [-0.4, -0.2) is 44.8 Å². The molecule has 1 fully saturated rings.